The molecular formula is C20H20ClNO2S. The molecule has 130 valence electrons. The first-order chi connectivity index (χ1) is 12.1. The number of hydrogen-bond acceptors (Lipinski definition) is 3. The van der Waals surface area contributed by atoms with Crippen LogP contribution < -0.4 is 0 Å². The maximum Gasteiger partial charge on any atom is 0.316 e. The number of benzene rings is 2. The number of halogens is 1. The third-order valence-electron chi connectivity index (χ3n) is 3.88. The van der Waals surface area contributed by atoms with E-state index in [0.29, 0.717) is 12.0 Å². The normalized spacial score (nSPS) is 11.7. The van der Waals surface area contributed by atoms with Crippen molar-refractivity contribution in [1.29, 1.82) is 5.26 Å². The molecule has 0 spiro atoms. The van der Waals surface area contributed by atoms with Crippen molar-refractivity contribution in [2.24, 2.45) is 0 Å². The highest BCUT2D eigenvalue weighted by Crippen LogP contribution is 2.27. The van der Waals surface area contributed by atoms with Crippen LogP contribution in [-0.2, 0) is 11.2 Å². The zero-order chi connectivity index (χ0) is 18.1. The summed E-state index contributed by atoms with van der Waals surface area (Å²) in [6, 6.07) is 17.0. The molecule has 2 aromatic rings. The Morgan fingerprint density at radius 1 is 1.08 bits per heavy atom. The monoisotopic (exact) mass is 373 g/mol. The van der Waals surface area contributed by atoms with Gasteiger partial charge in [0.15, 0.2) is 0 Å². The number of rotatable bonds is 9. The molecule has 0 aliphatic rings. The summed E-state index contributed by atoms with van der Waals surface area (Å²) in [5, 5.41) is 18.5. The molecule has 25 heavy (non-hydrogen) atoms. The number of aliphatic carboxylic acids is 1. The van der Waals surface area contributed by atoms with Crippen LogP contribution in [-0.4, -0.2) is 16.3 Å². The maximum absolute atomic E-state index is 11.5. The number of carbonyl (C=O) groups is 1. The number of nitrogens with zero attached hydrogens (tertiary/aromatic N) is 1. The molecule has 0 bridgehead atoms. The van der Waals surface area contributed by atoms with E-state index in [4.69, 9.17) is 16.9 Å². The molecule has 0 radical (unpaired) electrons. The molecule has 2 rings (SSSR count). The highest BCUT2D eigenvalue weighted by Gasteiger charge is 2.18. The molecule has 0 aromatic heterocycles. The van der Waals surface area contributed by atoms with Crippen LogP contribution in [0.1, 0.15) is 36.8 Å². The zero-order valence-electron chi connectivity index (χ0n) is 13.8. The van der Waals surface area contributed by atoms with Crippen molar-refractivity contribution in [3.63, 3.8) is 0 Å². The lowest BCUT2D eigenvalue weighted by atomic mass is 10.1. The van der Waals surface area contributed by atoms with Gasteiger partial charge in [0.2, 0.25) is 0 Å². The van der Waals surface area contributed by atoms with E-state index in [1.807, 2.05) is 24.3 Å². The standard InChI is InChI=1S/C20H20ClNO2S/c21-17-10-6-15(7-11-17)4-2-1-3-5-19(20(23)24)25-18-12-8-16(14-22)9-13-18/h6-13,19H,1-5H2,(H,23,24). The van der Waals surface area contributed by atoms with E-state index in [0.717, 1.165) is 35.6 Å². The molecule has 0 amide bonds. The molecule has 0 fully saturated rings. The van der Waals surface area contributed by atoms with Crippen molar-refractivity contribution < 1.29 is 9.90 Å². The van der Waals surface area contributed by atoms with Crippen LogP contribution >= 0.6 is 23.4 Å². The second kappa shape index (κ2) is 10.1. The molecule has 0 heterocycles. The molecule has 0 saturated carbocycles. The largest absolute Gasteiger partial charge is 0.480 e. The number of aryl methyl sites for hydroxylation is 1. The van der Waals surface area contributed by atoms with E-state index < -0.39 is 11.2 Å². The number of thioether (sulfide) groups is 1. The van der Waals surface area contributed by atoms with Crippen LogP contribution in [0.5, 0.6) is 0 Å². The SMILES string of the molecule is N#Cc1ccc(SC(CCCCCc2ccc(Cl)cc2)C(=O)O)cc1. The van der Waals surface area contributed by atoms with Gasteiger partial charge in [-0.05, 0) is 61.2 Å². The summed E-state index contributed by atoms with van der Waals surface area (Å²) in [5.41, 5.74) is 1.84. The highest BCUT2D eigenvalue weighted by molar-refractivity contribution is 8.00. The Balaban J connectivity index is 1.74. The molecular weight excluding hydrogens is 354 g/mol. The maximum atomic E-state index is 11.5. The van der Waals surface area contributed by atoms with Crippen molar-refractivity contribution in [1.82, 2.24) is 0 Å². The lowest BCUT2D eigenvalue weighted by molar-refractivity contribution is -0.136. The summed E-state index contributed by atoms with van der Waals surface area (Å²) in [4.78, 5) is 12.3. The van der Waals surface area contributed by atoms with Gasteiger partial charge in [0.25, 0.3) is 0 Å². The van der Waals surface area contributed by atoms with Gasteiger partial charge < -0.3 is 5.11 Å². The highest BCUT2D eigenvalue weighted by atomic mass is 35.5. The topological polar surface area (TPSA) is 61.1 Å². The average molecular weight is 374 g/mol. The van der Waals surface area contributed by atoms with E-state index in [2.05, 4.69) is 6.07 Å². The summed E-state index contributed by atoms with van der Waals surface area (Å²) in [6.45, 7) is 0. The third-order valence-corrected chi connectivity index (χ3v) is 5.40. The van der Waals surface area contributed by atoms with Crippen molar-refractivity contribution in [3.05, 3.63) is 64.7 Å². The van der Waals surface area contributed by atoms with Crippen LogP contribution in [0.2, 0.25) is 5.02 Å². The minimum atomic E-state index is -0.785. The molecule has 1 unspecified atom stereocenters. The Morgan fingerprint density at radius 2 is 1.76 bits per heavy atom. The molecule has 1 atom stereocenters. The number of carboxylic acids is 1. The minimum absolute atomic E-state index is 0.455. The number of unbranched alkanes of at least 4 members (excludes halogenated alkanes) is 2. The summed E-state index contributed by atoms with van der Waals surface area (Å²) < 4.78 is 0. The first kappa shape index (κ1) is 19.4. The first-order valence-electron chi connectivity index (χ1n) is 8.22. The predicted octanol–water partition coefficient (Wildman–Crippen LogP) is 5.56. The Bertz CT molecular complexity index is 723. The van der Waals surface area contributed by atoms with Gasteiger partial charge in [-0.15, -0.1) is 11.8 Å². The van der Waals surface area contributed by atoms with Gasteiger partial charge in [-0.25, -0.2) is 0 Å². The Hall–Kier alpha value is -1.96. The lowest BCUT2D eigenvalue weighted by Crippen LogP contribution is -2.16. The van der Waals surface area contributed by atoms with Crippen LogP contribution in [0, 0.1) is 11.3 Å². The summed E-state index contributed by atoms with van der Waals surface area (Å²) in [7, 11) is 0. The number of hydrogen-bond donors (Lipinski definition) is 1. The van der Waals surface area contributed by atoms with Crippen molar-refractivity contribution >= 4 is 29.3 Å². The third kappa shape index (κ3) is 6.81. The fourth-order valence-electron chi connectivity index (χ4n) is 2.49. The zero-order valence-corrected chi connectivity index (χ0v) is 15.4. The summed E-state index contributed by atoms with van der Waals surface area (Å²) in [5.74, 6) is -0.785. The second-order valence-electron chi connectivity index (χ2n) is 5.81. The van der Waals surface area contributed by atoms with Gasteiger partial charge in [-0.2, -0.15) is 5.26 Å². The average Bonchev–Trinajstić information content (AvgIpc) is 2.62. The van der Waals surface area contributed by atoms with E-state index in [-0.39, 0.29) is 0 Å². The van der Waals surface area contributed by atoms with Crippen molar-refractivity contribution in [2.45, 2.75) is 42.2 Å². The predicted molar refractivity (Wildman–Crippen MR) is 102 cm³/mol. The molecule has 0 aliphatic carbocycles. The first-order valence-corrected chi connectivity index (χ1v) is 9.48. The van der Waals surface area contributed by atoms with Gasteiger partial charge in [0, 0.05) is 9.92 Å². The molecule has 5 heteroatoms. The molecule has 2 aromatic carbocycles. The Kier molecular flexibility index (Phi) is 7.84. The van der Waals surface area contributed by atoms with Gasteiger partial charge in [-0.1, -0.05) is 36.6 Å². The van der Waals surface area contributed by atoms with E-state index in [1.165, 1.54) is 17.3 Å². The number of carboxylic acid groups (broad SMARTS) is 1. The molecule has 3 nitrogen and oxygen atoms in total. The lowest BCUT2D eigenvalue weighted by Gasteiger charge is -2.12. The van der Waals surface area contributed by atoms with Crippen LogP contribution in [0.25, 0.3) is 0 Å². The fourth-order valence-corrected chi connectivity index (χ4v) is 3.62. The second-order valence-corrected chi connectivity index (χ2v) is 7.52. The van der Waals surface area contributed by atoms with Gasteiger partial charge in [-0.3, -0.25) is 4.79 Å². The Morgan fingerprint density at radius 3 is 2.36 bits per heavy atom. The summed E-state index contributed by atoms with van der Waals surface area (Å²) in [6.07, 6.45) is 4.54. The van der Waals surface area contributed by atoms with E-state index in [9.17, 15) is 9.90 Å². The van der Waals surface area contributed by atoms with Crippen molar-refractivity contribution in [2.75, 3.05) is 0 Å². The van der Waals surface area contributed by atoms with E-state index >= 15 is 0 Å². The van der Waals surface area contributed by atoms with Crippen molar-refractivity contribution in [3.8, 4) is 6.07 Å². The Labute approximate surface area is 157 Å². The van der Waals surface area contributed by atoms with Crippen LogP contribution in [0.15, 0.2) is 53.4 Å². The molecule has 0 saturated heterocycles. The summed E-state index contributed by atoms with van der Waals surface area (Å²) >= 11 is 7.22. The number of nitriles is 1. The van der Waals surface area contributed by atoms with E-state index in [1.54, 1.807) is 24.3 Å². The molecule has 0 aliphatic heterocycles. The van der Waals surface area contributed by atoms with Crippen LogP contribution in [0.3, 0.4) is 0 Å². The smallest absolute Gasteiger partial charge is 0.316 e. The van der Waals surface area contributed by atoms with Crippen LogP contribution in [0.4, 0.5) is 0 Å². The van der Waals surface area contributed by atoms with Gasteiger partial charge >= 0.3 is 5.97 Å². The molecule has 1 N–H and O–H groups in total. The quantitative estimate of drug-likeness (QED) is 0.461. The van der Waals surface area contributed by atoms with Gasteiger partial charge in [0.05, 0.1) is 11.6 Å². The minimum Gasteiger partial charge on any atom is -0.480 e. The fraction of sp³-hybridized carbons (Fsp3) is 0.300. The van der Waals surface area contributed by atoms with Gasteiger partial charge in [0.1, 0.15) is 5.25 Å².